The van der Waals surface area contributed by atoms with Crippen molar-refractivity contribution < 1.29 is 36.2 Å². The molecule has 160 valence electrons. The number of rotatable bonds is 5. The van der Waals surface area contributed by atoms with Crippen LogP contribution < -0.4 is 10.6 Å². The SMILES string of the molecule is CNc1ccc(Cl)c(C(F)(F)F)c1.O=CNc1cccc(C(F)(F)F)c1CCO. The van der Waals surface area contributed by atoms with E-state index in [9.17, 15) is 31.1 Å². The van der Waals surface area contributed by atoms with Crippen molar-refractivity contribution in [1.29, 1.82) is 0 Å². The van der Waals surface area contributed by atoms with Crippen molar-refractivity contribution in [3.05, 3.63) is 58.1 Å². The number of hydrogen-bond donors (Lipinski definition) is 3. The van der Waals surface area contributed by atoms with Gasteiger partial charge >= 0.3 is 12.4 Å². The Labute approximate surface area is 167 Å². The first kappa shape index (κ1) is 24.6. The second-order valence-electron chi connectivity index (χ2n) is 5.51. The summed E-state index contributed by atoms with van der Waals surface area (Å²) in [6.45, 7) is -0.416. The summed E-state index contributed by atoms with van der Waals surface area (Å²) in [5.74, 6) is 0. The Kier molecular flexibility index (Phi) is 8.78. The van der Waals surface area contributed by atoms with Crippen molar-refractivity contribution in [2.75, 3.05) is 24.3 Å². The van der Waals surface area contributed by atoms with Crippen LogP contribution in [0.1, 0.15) is 16.7 Å². The lowest BCUT2D eigenvalue weighted by molar-refractivity contribution is -0.138. The van der Waals surface area contributed by atoms with E-state index in [4.69, 9.17) is 16.7 Å². The minimum absolute atomic E-state index is 0.0684. The lowest BCUT2D eigenvalue weighted by Gasteiger charge is -2.15. The first-order chi connectivity index (χ1) is 13.5. The summed E-state index contributed by atoms with van der Waals surface area (Å²) >= 11 is 5.39. The number of aliphatic hydroxyl groups excluding tert-OH is 1. The number of halogens is 7. The van der Waals surface area contributed by atoms with Crippen LogP contribution in [0, 0.1) is 0 Å². The topological polar surface area (TPSA) is 61.4 Å². The number of hydrogen-bond acceptors (Lipinski definition) is 3. The molecular formula is C18H17ClF6N2O2. The van der Waals surface area contributed by atoms with Crippen LogP contribution in [-0.4, -0.2) is 25.2 Å². The van der Waals surface area contributed by atoms with Crippen molar-refractivity contribution in [2.45, 2.75) is 18.8 Å². The van der Waals surface area contributed by atoms with Gasteiger partial charge in [-0.3, -0.25) is 4.79 Å². The third-order valence-electron chi connectivity index (χ3n) is 3.62. The van der Waals surface area contributed by atoms with E-state index < -0.39 is 30.1 Å². The Morgan fingerprint density at radius 2 is 1.66 bits per heavy atom. The normalized spacial score (nSPS) is 11.3. The summed E-state index contributed by atoms with van der Waals surface area (Å²) in [4.78, 5) is 10.2. The lowest BCUT2D eigenvalue weighted by atomic mass is 10.0. The summed E-state index contributed by atoms with van der Waals surface area (Å²) in [6, 6.07) is 7.15. The molecule has 2 aromatic rings. The van der Waals surface area contributed by atoms with Crippen LogP contribution in [0.4, 0.5) is 37.7 Å². The van der Waals surface area contributed by atoms with Gasteiger partial charge in [0.25, 0.3) is 0 Å². The summed E-state index contributed by atoms with van der Waals surface area (Å²) in [5, 5.41) is 13.2. The molecular weight excluding hydrogens is 426 g/mol. The lowest BCUT2D eigenvalue weighted by Crippen LogP contribution is -2.12. The number of amides is 1. The van der Waals surface area contributed by atoms with Gasteiger partial charge in [0, 0.05) is 25.0 Å². The highest BCUT2D eigenvalue weighted by Gasteiger charge is 2.34. The van der Waals surface area contributed by atoms with Crippen molar-refractivity contribution in [3.8, 4) is 0 Å². The van der Waals surface area contributed by atoms with Gasteiger partial charge in [0.05, 0.1) is 16.1 Å². The van der Waals surface area contributed by atoms with Crippen LogP contribution in [0.5, 0.6) is 0 Å². The van der Waals surface area contributed by atoms with Gasteiger partial charge in [0.1, 0.15) is 0 Å². The van der Waals surface area contributed by atoms with Crippen molar-refractivity contribution in [2.24, 2.45) is 0 Å². The highest BCUT2D eigenvalue weighted by atomic mass is 35.5. The van der Waals surface area contributed by atoms with Gasteiger partial charge in [-0.05, 0) is 42.3 Å². The monoisotopic (exact) mass is 442 g/mol. The maximum Gasteiger partial charge on any atom is 0.417 e. The molecule has 0 atom stereocenters. The van der Waals surface area contributed by atoms with E-state index in [1.54, 1.807) is 7.05 Å². The molecule has 0 aromatic heterocycles. The fourth-order valence-corrected chi connectivity index (χ4v) is 2.55. The molecule has 2 aromatic carbocycles. The Morgan fingerprint density at radius 1 is 1.03 bits per heavy atom. The molecule has 1 amide bonds. The Bertz CT molecular complexity index is 825. The number of aliphatic hydroxyl groups is 1. The molecule has 0 heterocycles. The number of carbonyl (C=O) groups excluding carboxylic acids is 1. The van der Waals surface area contributed by atoms with Crippen LogP contribution in [0.3, 0.4) is 0 Å². The maximum absolute atomic E-state index is 12.6. The van der Waals surface area contributed by atoms with E-state index >= 15 is 0 Å². The third-order valence-corrected chi connectivity index (χ3v) is 3.95. The second kappa shape index (κ2) is 10.4. The summed E-state index contributed by atoms with van der Waals surface area (Å²) in [6.07, 6.45) is -8.75. The van der Waals surface area contributed by atoms with Gasteiger partial charge in [0.15, 0.2) is 0 Å². The van der Waals surface area contributed by atoms with Crippen LogP contribution >= 0.6 is 11.6 Å². The summed E-state index contributed by atoms with van der Waals surface area (Å²) < 4.78 is 74.5. The molecule has 0 saturated heterocycles. The molecule has 0 spiro atoms. The predicted octanol–water partition coefficient (Wildman–Crippen LogP) is 5.21. The molecule has 0 aliphatic rings. The molecule has 4 nitrogen and oxygen atoms in total. The number of carbonyl (C=O) groups is 1. The van der Waals surface area contributed by atoms with E-state index in [1.165, 1.54) is 24.3 Å². The zero-order valence-electron chi connectivity index (χ0n) is 15.0. The first-order valence-electron chi connectivity index (χ1n) is 8.00. The molecule has 0 aliphatic carbocycles. The zero-order chi connectivity index (χ0) is 22.2. The van der Waals surface area contributed by atoms with E-state index in [2.05, 4.69) is 10.6 Å². The molecule has 29 heavy (non-hydrogen) atoms. The van der Waals surface area contributed by atoms with Gasteiger partial charge in [-0.15, -0.1) is 0 Å². The van der Waals surface area contributed by atoms with E-state index in [0.29, 0.717) is 12.1 Å². The van der Waals surface area contributed by atoms with Crippen molar-refractivity contribution in [3.63, 3.8) is 0 Å². The molecule has 0 aliphatic heterocycles. The molecule has 0 bridgehead atoms. The minimum Gasteiger partial charge on any atom is -0.396 e. The average molecular weight is 443 g/mol. The highest BCUT2D eigenvalue weighted by Crippen LogP contribution is 2.36. The summed E-state index contributed by atoms with van der Waals surface area (Å²) in [7, 11) is 1.55. The second-order valence-corrected chi connectivity index (χ2v) is 5.91. The molecule has 0 radical (unpaired) electrons. The van der Waals surface area contributed by atoms with Gasteiger partial charge in [0.2, 0.25) is 6.41 Å². The Morgan fingerprint density at radius 3 is 2.14 bits per heavy atom. The minimum atomic E-state index is -4.49. The standard InChI is InChI=1S/C10H10F3NO2.C8H7ClF3N/c11-10(12,13)8-2-1-3-9(14-6-16)7(8)4-5-15;1-13-5-2-3-7(9)6(4-5)8(10,11)12/h1-3,6,15H,4-5H2,(H,14,16);2-4,13H,1H3. The predicted molar refractivity (Wildman–Crippen MR) is 97.9 cm³/mol. The van der Waals surface area contributed by atoms with Crippen molar-refractivity contribution >= 4 is 29.4 Å². The fourth-order valence-electron chi connectivity index (χ4n) is 2.33. The molecule has 2 rings (SSSR count). The fraction of sp³-hybridized carbons (Fsp3) is 0.278. The van der Waals surface area contributed by atoms with E-state index in [0.717, 1.165) is 12.1 Å². The number of benzene rings is 2. The smallest absolute Gasteiger partial charge is 0.396 e. The molecule has 3 N–H and O–H groups in total. The molecule has 0 unspecified atom stereocenters. The van der Waals surface area contributed by atoms with Gasteiger partial charge < -0.3 is 15.7 Å². The highest BCUT2D eigenvalue weighted by molar-refractivity contribution is 6.31. The average Bonchev–Trinajstić information content (AvgIpc) is 2.62. The van der Waals surface area contributed by atoms with Gasteiger partial charge in [-0.1, -0.05) is 17.7 Å². The molecule has 11 heteroatoms. The van der Waals surface area contributed by atoms with Crippen LogP contribution in [0.25, 0.3) is 0 Å². The zero-order valence-corrected chi connectivity index (χ0v) is 15.7. The quantitative estimate of drug-likeness (QED) is 0.440. The maximum atomic E-state index is 12.6. The molecule has 0 saturated carbocycles. The Balaban J connectivity index is 0.000000296. The largest absolute Gasteiger partial charge is 0.417 e. The van der Waals surface area contributed by atoms with E-state index in [1.807, 2.05) is 0 Å². The van der Waals surface area contributed by atoms with Crippen LogP contribution in [0.2, 0.25) is 5.02 Å². The van der Waals surface area contributed by atoms with Crippen LogP contribution in [0.15, 0.2) is 36.4 Å². The Hall–Kier alpha value is -2.46. The van der Waals surface area contributed by atoms with Crippen molar-refractivity contribution in [1.82, 2.24) is 0 Å². The first-order valence-corrected chi connectivity index (χ1v) is 8.38. The number of anilines is 2. The van der Waals surface area contributed by atoms with Gasteiger partial charge in [-0.25, -0.2) is 0 Å². The number of nitrogens with one attached hydrogen (secondary N) is 2. The van der Waals surface area contributed by atoms with Gasteiger partial charge in [-0.2, -0.15) is 26.3 Å². The molecule has 0 fully saturated rings. The summed E-state index contributed by atoms with van der Waals surface area (Å²) in [5.41, 5.74) is -1.31. The van der Waals surface area contributed by atoms with Crippen LogP contribution in [-0.2, 0) is 23.6 Å². The van der Waals surface area contributed by atoms with E-state index in [-0.39, 0.29) is 22.7 Å². The third kappa shape index (κ3) is 7.13. The number of alkyl halides is 6.